The summed E-state index contributed by atoms with van der Waals surface area (Å²) in [7, 11) is 1.81. The first-order valence-corrected chi connectivity index (χ1v) is 10.8. The molecule has 0 saturated heterocycles. The van der Waals surface area contributed by atoms with Gasteiger partial charge in [0.1, 0.15) is 0 Å². The Morgan fingerprint density at radius 1 is 1.37 bits per heavy atom. The maximum absolute atomic E-state index is 12.5. The predicted octanol–water partition coefficient (Wildman–Crippen LogP) is 4.14. The topological polar surface area (TPSA) is 63.9 Å². The lowest BCUT2D eigenvalue weighted by Crippen LogP contribution is -2.27. The quantitative estimate of drug-likeness (QED) is 0.538. The van der Waals surface area contributed by atoms with Crippen molar-refractivity contribution in [3.63, 3.8) is 0 Å². The minimum atomic E-state index is 0.0535. The number of rotatable bonds is 7. The second kappa shape index (κ2) is 8.00. The Balaban J connectivity index is 1.43. The molecule has 3 aromatic rings. The van der Waals surface area contributed by atoms with E-state index < -0.39 is 0 Å². The smallest absolute Gasteiger partial charge is 0.233 e. The molecule has 4 rings (SSSR count). The van der Waals surface area contributed by atoms with E-state index in [-0.39, 0.29) is 5.91 Å². The summed E-state index contributed by atoms with van der Waals surface area (Å²) in [5.74, 6) is 1.20. The van der Waals surface area contributed by atoms with Crippen LogP contribution < -0.4 is 0 Å². The fourth-order valence-electron chi connectivity index (χ4n) is 2.72. The highest BCUT2D eigenvalue weighted by molar-refractivity contribution is 7.99. The molecule has 0 unspecified atom stereocenters. The van der Waals surface area contributed by atoms with Crippen molar-refractivity contribution in [2.75, 3.05) is 12.8 Å². The van der Waals surface area contributed by atoms with E-state index in [1.54, 1.807) is 17.3 Å². The molecule has 0 atom stereocenters. The maximum atomic E-state index is 12.5. The van der Waals surface area contributed by atoms with E-state index in [4.69, 9.17) is 11.6 Å². The molecule has 1 saturated carbocycles. The van der Waals surface area contributed by atoms with Crippen molar-refractivity contribution in [3.8, 4) is 11.4 Å². The predicted molar refractivity (Wildman–Crippen MR) is 108 cm³/mol. The van der Waals surface area contributed by atoms with E-state index in [1.165, 1.54) is 23.1 Å². The summed E-state index contributed by atoms with van der Waals surface area (Å²) in [5.41, 5.74) is 0.946. The Bertz CT molecular complexity index is 938. The summed E-state index contributed by atoms with van der Waals surface area (Å²) in [6, 6.07) is 8.10. The summed E-state index contributed by atoms with van der Waals surface area (Å²) in [4.78, 5) is 19.5. The minimum Gasteiger partial charge on any atom is -0.340 e. The lowest BCUT2D eigenvalue weighted by molar-refractivity contribution is -0.127. The number of nitrogens with zero attached hydrogens (tertiary/aromatic N) is 5. The number of carbonyl (C=O) groups is 1. The third kappa shape index (κ3) is 4.34. The molecule has 1 amide bonds. The minimum absolute atomic E-state index is 0.0535. The normalized spacial score (nSPS) is 13.7. The molecule has 6 nitrogen and oxygen atoms in total. The van der Waals surface area contributed by atoms with Crippen LogP contribution in [0.3, 0.4) is 0 Å². The number of aromatic nitrogens is 4. The monoisotopic (exact) mass is 419 g/mol. The molecule has 3 heterocycles. The number of thiophene rings is 1. The summed E-state index contributed by atoms with van der Waals surface area (Å²) in [6.45, 7) is 0.563. The zero-order valence-corrected chi connectivity index (χ0v) is 17.1. The van der Waals surface area contributed by atoms with Gasteiger partial charge in [0, 0.05) is 35.9 Å². The van der Waals surface area contributed by atoms with Gasteiger partial charge in [0.15, 0.2) is 11.0 Å². The number of hydrogen-bond acceptors (Lipinski definition) is 6. The third-order valence-electron chi connectivity index (χ3n) is 4.27. The van der Waals surface area contributed by atoms with Crippen molar-refractivity contribution in [2.45, 2.75) is 30.6 Å². The van der Waals surface area contributed by atoms with E-state index in [2.05, 4.69) is 19.7 Å². The lowest BCUT2D eigenvalue weighted by Gasteiger charge is -2.16. The van der Waals surface area contributed by atoms with Gasteiger partial charge >= 0.3 is 0 Å². The summed E-state index contributed by atoms with van der Waals surface area (Å²) >= 11 is 8.89. The van der Waals surface area contributed by atoms with Gasteiger partial charge in [-0.1, -0.05) is 23.4 Å². The molecule has 9 heteroatoms. The SMILES string of the molecule is CN(Cc1ccc(Cl)s1)C(=O)CSc1nnc(-c2cccnc2)n1C1CC1. The van der Waals surface area contributed by atoms with Gasteiger partial charge in [0.25, 0.3) is 0 Å². The van der Waals surface area contributed by atoms with Crippen LogP contribution in [0.2, 0.25) is 4.34 Å². The van der Waals surface area contributed by atoms with Crippen molar-refractivity contribution >= 4 is 40.6 Å². The maximum Gasteiger partial charge on any atom is 0.233 e. The first-order chi connectivity index (χ1) is 13.1. The van der Waals surface area contributed by atoms with Crippen LogP contribution in [0.5, 0.6) is 0 Å². The molecular formula is C18H18ClN5OS2. The Kier molecular flexibility index (Phi) is 5.47. The van der Waals surface area contributed by atoms with Gasteiger partial charge in [-0.25, -0.2) is 0 Å². The molecule has 1 aliphatic rings. The van der Waals surface area contributed by atoms with Gasteiger partial charge in [0.2, 0.25) is 5.91 Å². The van der Waals surface area contributed by atoms with E-state index in [0.29, 0.717) is 18.3 Å². The second-order valence-electron chi connectivity index (χ2n) is 6.39. The highest BCUT2D eigenvalue weighted by Crippen LogP contribution is 2.41. The highest BCUT2D eigenvalue weighted by Gasteiger charge is 2.30. The Hall–Kier alpha value is -1.90. The molecule has 0 bridgehead atoms. The summed E-state index contributed by atoms with van der Waals surface area (Å²) < 4.78 is 2.88. The molecule has 27 heavy (non-hydrogen) atoms. The van der Waals surface area contributed by atoms with Crippen LogP contribution in [0, 0.1) is 0 Å². The second-order valence-corrected chi connectivity index (χ2v) is 9.14. The van der Waals surface area contributed by atoms with Crippen LogP contribution in [0.25, 0.3) is 11.4 Å². The van der Waals surface area contributed by atoms with Crippen LogP contribution >= 0.6 is 34.7 Å². The van der Waals surface area contributed by atoms with Gasteiger partial charge < -0.3 is 4.90 Å². The molecule has 0 aromatic carbocycles. The molecule has 1 fully saturated rings. The molecule has 1 aliphatic carbocycles. The standard InChI is InChI=1S/C18H18ClN5OS2/c1-23(10-14-6-7-15(19)27-14)16(25)11-26-18-22-21-17(24(18)13-4-5-13)12-3-2-8-20-9-12/h2-3,6-9,13H,4-5,10-11H2,1H3. The van der Waals surface area contributed by atoms with Crippen LogP contribution in [-0.4, -0.2) is 43.4 Å². The number of carbonyl (C=O) groups excluding carboxylic acids is 1. The van der Waals surface area contributed by atoms with E-state index in [1.807, 2.05) is 31.3 Å². The van der Waals surface area contributed by atoms with Crippen LogP contribution in [0.1, 0.15) is 23.8 Å². The average Bonchev–Trinajstić information content (AvgIpc) is 3.30. The zero-order valence-electron chi connectivity index (χ0n) is 14.7. The molecule has 140 valence electrons. The van der Waals surface area contributed by atoms with Gasteiger partial charge in [0.05, 0.1) is 16.6 Å². The Labute approximate surface area is 170 Å². The van der Waals surface area contributed by atoms with E-state index in [9.17, 15) is 4.79 Å². The first kappa shape index (κ1) is 18.5. The number of halogens is 1. The van der Waals surface area contributed by atoms with E-state index in [0.717, 1.165) is 38.6 Å². The first-order valence-electron chi connectivity index (χ1n) is 8.58. The Morgan fingerprint density at radius 3 is 2.89 bits per heavy atom. The van der Waals surface area contributed by atoms with Crippen LogP contribution in [-0.2, 0) is 11.3 Å². The Morgan fingerprint density at radius 2 is 2.22 bits per heavy atom. The van der Waals surface area contributed by atoms with Crippen molar-refractivity contribution in [1.82, 2.24) is 24.6 Å². The molecule has 0 N–H and O–H groups in total. The molecule has 0 spiro atoms. The van der Waals surface area contributed by atoms with Crippen molar-refractivity contribution < 1.29 is 4.79 Å². The molecule has 0 aliphatic heterocycles. The van der Waals surface area contributed by atoms with Crippen LogP contribution in [0.4, 0.5) is 0 Å². The van der Waals surface area contributed by atoms with Crippen molar-refractivity contribution in [2.24, 2.45) is 0 Å². The van der Waals surface area contributed by atoms with Gasteiger partial charge in [-0.2, -0.15) is 0 Å². The molecule has 3 aromatic heterocycles. The van der Waals surface area contributed by atoms with E-state index >= 15 is 0 Å². The fraction of sp³-hybridized carbons (Fsp3) is 0.333. The largest absolute Gasteiger partial charge is 0.340 e. The average molecular weight is 420 g/mol. The number of thioether (sulfide) groups is 1. The lowest BCUT2D eigenvalue weighted by atomic mass is 10.3. The van der Waals surface area contributed by atoms with Gasteiger partial charge in [-0.15, -0.1) is 21.5 Å². The summed E-state index contributed by atoms with van der Waals surface area (Å²) in [6.07, 6.45) is 5.77. The molecular weight excluding hydrogens is 402 g/mol. The fourth-order valence-corrected chi connectivity index (χ4v) is 4.81. The number of pyridine rings is 1. The van der Waals surface area contributed by atoms with Gasteiger partial charge in [-0.05, 0) is 37.1 Å². The molecule has 0 radical (unpaired) electrons. The third-order valence-corrected chi connectivity index (χ3v) is 6.41. The zero-order chi connectivity index (χ0) is 18.8. The van der Waals surface area contributed by atoms with Crippen molar-refractivity contribution in [1.29, 1.82) is 0 Å². The van der Waals surface area contributed by atoms with Crippen molar-refractivity contribution in [3.05, 3.63) is 45.9 Å². The highest BCUT2D eigenvalue weighted by atomic mass is 35.5. The van der Waals surface area contributed by atoms with Gasteiger partial charge in [-0.3, -0.25) is 14.3 Å². The number of amides is 1. The summed E-state index contributed by atoms with van der Waals surface area (Å²) in [5, 5.41) is 9.48. The van der Waals surface area contributed by atoms with Crippen LogP contribution in [0.15, 0.2) is 41.8 Å². The number of hydrogen-bond donors (Lipinski definition) is 0.